The summed E-state index contributed by atoms with van der Waals surface area (Å²) in [7, 11) is 0. The normalized spacial score (nSPS) is 31.0. The Morgan fingerprint density at radius 1 is 1.41 bits per heavy atom. The van der Waals surface area contributed by atoms with Crippen LogP contribution in [-0.2, 0) is 4.74 Å². The molecule has 3 saturated heterocycles. The highest BCUT2D eigenvalue weighted by atomic mass is 16.5. The second-order valence-corrected chi connectivity index (χ2v) is 7.99. The first-order valence-electron chi connectivity index (χ1n) is 9.94. The molecule has 0 aromatic carbocycles. The van der Waals surface area contributed by atoms with Crippen LogP contribution in [0.3, 0.4) is 0 Å². The van der Waals surface area contributed by atoms with Crippen molar-refractivity contribution in [2.45, 2.75) is 44.8 Å². The van der Waals surface area contributed by atoms with Gasteiger partial charge in [0.05, 0.1) is 23.8 Å². The van der Waals surface area contributed by atoms with Crippen LogP contribution in [0, 0.1) is 18.8 Å². The number of aromatic nitrogens is 1. The van der Waals surface area contributed by atoms with Gasteiger partial charge in [0, 0.05) is 43.4 Å². The van der Waals surface area contributed by atoms with Crippen LogP contribution in [0.25, 0.3) is 0 Å². The van der Waals surface area contributed by atoms with E-state index in [-0.39, 0.29) is 29.6 Å². The zero-order valence-electron chi connectivity index (χ0n) is 16.0. The minimum Gasteiger partial charge on any atom is -0.369 e. The molecule has 0 saturated carbocycles. The maximum Gasteiger partial charge on any atom is 0.317 e. The molecule has 4 rings (SSSR count). The van der Waals surface area contributed by atoms with Crippen molar-refractivity contribution < 1.29 is 14.3 Å². The average Bonchev–Trinajstić information content (AvgIpc) is 3.33. The van der Waals surface area contributed by atoms with Gasteiger partial charge in [0.15, 0.2) is 0 Å². The van der Waals surface area contributed by atoms with Crippen molar-refractivity contribution in [1.82, 2.24) is 20.5 Å². The molecule has 3 aliphatic rings. The van der Waals surface area contributed by atoms with E-state index in [0.717, 1.165) is 25.0 Å². The molecule has 0 aliphatic carbocycles. The largest absolute Gasteiger partial charge is 0.369 e. The van der Waals surface area contributed by atoms with Crippen LogP contribution in [0.2, 0.25) is 0 Å². The highest BCUT2D eigenvalue weighted by Crippen LogP contribution is 2.54. The van der Waals surface area contributed by atoms with Crippen LogP contribution >= 0.6 is 0 Å². The van der Waals surface area contributed by atoms with E-state index < -0.39 is 0 Å². The number of nitrogens with one attached hydrogen (secondary N) is 2. The second kappa shape index (κ2) is 7.11. The molecule has 27 heavy (non-hydrogen) atoms. The number of urea groups is 1. The number of likely N-dealkylation sites (tertiary alicyclic amines) is 1. The van der Waals surface area contributed by atoms with Crippen molar-refractivity contribution in [3.63, 3.8) is 0 Å². The minimum absolute atomic E-state index is 0.00134. The van der Waals surface area contributed by atoms with Gasteiger partial charge in [-0.25, -0.2) is 4.79 Å². The molecule has 1 spiro atoms. The highest BCUT2D eigenvalue weighted by Gasteiger charge is 2.63. The predicted octanol–water partition coefficient (Wildman–Crippen LogP) is 1.72. The standard InChI is InChI=1S/C20H28N4O3/c1-3-8-22-19(26)24-11-16-15(17-6-7-20(16,12-24)27-17)10-23-18(25)14-5-4-9-21-13(14)2/h4-5,9,15-17H,3,6-8,10-12H2,1-2H3,(H,22,26)(H,23,25)/t15-,16+,17+,20+/m0/s1. The van der Waals surface area contributed by atoms with Gasteiger partial charge >= 0.3 is 6.03 Å². The number of carbonyl (C=O) groups excluding carboxylic acids is 2. The molecular formula is C20H28N4O3. The van der Waals surface area contributed by atoms with Gasteiger partial charge in [-0.2, -0.15) is 0 Å². The van der Waals surface area contributed by atoms with Crippen LogP contribution in [-0.4, -0.2) is 59.7 Å². The molecule has 4 heterocycles. The van der Waals surface area contributed by atoms with Crippen molar-refractivity contribution >= 4 is 11.9 Å². The lowest BCUT2D eigenvalue weighted by Gasteiger charge is -2.29. The Hall–Kier alpha value is -2.15. The van der Waals surface area contributed by atoms with Gasteiger partial charge in [0.1, 0.15) is 0 Å². The Bertz CT molecular complexity index is 740. The number of ether oxygens (including phenoxy) is 1. The van der Waals surface area contributed by atoms with Crippen molar-refractivity contribution in [3.8, 4) is 0 Å². The number of hydrogen-bond donors (Lipinski definition) is 2. The molecule has 3 amide bonds. The van der Waals surface area contributed by atoms with Crippen LogP contribution < -0.4 is 10.6 Å². The van der Waals surface area contributed by atoms with E-state index in [1.54, 1.807) is 18.3 Å². The van der Waals surface area contributed by atoms with E-state index in [0.29, 0.717) is 37.7 Å². The number of pyridine rings is 1. The fraction of sp³-hybridized carbons (Fsp3) is 0.650. The molecule has 2 bridgehead atoms. The van der Waals surface area contributed by atoms with E-state index in [1.807, 2.05) is 18.7 Å². The first-order valence-corrected chi connectivity index (χ1v) is 9.94. The van der Waals surface area contributed by atoms with Crippen LogP contribution in [0.1, 0.15) is 42.2 Å². The molecule has 4 atom stereocenters. The van der Waals surface area contributed by atoms with E-state index in [4.69, 9.17) is 4.74 Å². The second-order valence-electron chi connectivity index (χ2n) is 7.99. The molecule has 1 aromatic rings. The molecule has 7 heteroatoms. The van der Waals surface area contributed by atoms with Crippen LogP contribution in [0.5, 0.6) is 0 Å². The van der Waals surface area contributed by atoms with Crippen molar-refractivity contribution in [2.75, 3.05) is 26.2 Å². The summed E-state index contributed by atoms with van der Waals surface area (Å²) in [6.07, 6.45) is 4.82. The summed E-state index contributed by atoms with van der Waals surface area (Å²) in [6, 6.07) is 3.58. The predicted molar refractivity (Wildman–Crippen MR) is 100 cm³/mol. The Kier molecular flexibility index (Phi) is 4.80. The van der Waals surface area contributed by atoms with E-state index in [9.17, 15) is 9.59 Å². The summed E-state index contributed by atoms with van der Waals surface area (Å²) >= 11 is 0. The lowest BCUT2D eigenvalue weighted by molar-refractivity contribution is 0.00554. The highest BCUT2D eigenvalue weighted by molar-refractivity contribution is 5.95. The molecule has 2 N–H and O–H groups in total. The summed E-state index contributed by atoms with van der Waals surface area (Å²) in [5, 5.41) is 6.04. The SMILES string of the molecule is CCCNC(=O)N1C[C@@H]2[C@H](CNC(=O)c3cccnc3C)[C@H]3CC[C@]2(C1)O3. The molecule has 146 valence electrons. The van der Waals surface area contributed by atoms with Crippen LogP contribution in [0.4, 0.5) is 4.79 Å². The summed E-state index contributed by atoms with van der Waals surface area (Å²) < 4.78 is 6.36. The Morgan fingerprint density at radius 2 is 2.26 bits per heavy atom. The smallest absolute Gasteiger partial charge is 0.317 e. The minimum atomic E-state index is -0.214. The first kappa shape index (κ1) is 18.2. The van der Waals surface area contributed by atoms with Crippen LogP contribution in [0.15, 0.2) is 18.3 Å². The molecular weight excluding hydrogens is 344 g/mol. The van der Waals surface area contributed by atoms with E-state index in [1.165, 1.54) is 0 Å². The van der Waals surface area contributed by atoms with Gasteiger partial charge in [-0.05, 0) is 38.3 Å². The zero-order chi connectivity index (χ0) is 19.0. The summed E-state index contributed by atoms with van der Waals surface area (Å²) in [5.41, 5.74) is 1.13. The molecule has 7 nitrogen and oxygen atoms in total. The Morgan fingerprint density at radius 3 is 3.04 bits per heavy atom. The number of carbonyl (C=O) groups is 2. The Balaban J connectivity index is 1.40. The number of aryl methyl sites for hydroxylation is 1. The third-order valence-electron chi connectivity index (χ3n) is 6.35. The summed E-state index contributed by atoms with van der Waals surface area (Å²) in [4.78, 5) is 31.0. The van der Waals surface area contributed by atoms with Gasteiger partial charge in [0.2, 0.25) is 0 Å². The average molecular weight is 372 g/mol. The van der Waals surface area contributed by atoms with Crippen molar-refractivity contribution in [1.29, 1.82) is 0 Å². The number of rotatable bonds is 5. The molecule has 0 unspecified atom stereocenters. The monoisotopic (exact) mass is 372 g/mol. The van der Waals surface area contributed by atoms with Gasteiger partial charge < -0.3 is 20.3 Å². The molecule has 3 fully saturated rings. The fourth-order valence-corrected chi connectivity index (χ4v) is 4.99. The molecule has 3 aliphatic heterocycles. The van der Waals surface area contributed by atoms with E-state index in [2.05, 4.69) is 15.6 Å². The maximum atomic E-state index is 12.5. The third-order valence-corrected chi connectivity index (χ3v) is 6.35. The zero-order valence-corrected chi connectivity index (χ0v) is 16.0. The number of nitrogens with zero attached hydrogens (tertiary/aromatic N) is 2. The first-order chi connectivity index (χ1) is 13.0. The Labute approximate surface area is 159 Å². The maximum absolute atomic E-state index is 12.5. The van der Waals surface area contributed by atoms with Crippen molar-refractivity contribution in [3.05, 3.63) is 29.6 Å². The summed E-state index contributed by atoms with van der Waals surface area (Å²) in [6.45, 7) is 6.53. The number of amides is 3. The molecule has 0 radical (unpaired) electrons. The van der Waals surface area contributed by atoms with Gasteiger partial charge in [-0.1, -0.05) is 6.92 Å². The topological polar surface area (TPSA) is 83.6 Å². The van der Waals surface area contributed by atoms with Crippen molar-refractivity contribution in [2.24, 2.45) is 11.8 Å². The lowest BCUT2D eigenvalue weighted by atomic mass is 9.73. The number of hydrogen-bond acceptors (Lipinski definition) is 4. The summed E-state index contributed by atoms with van der Waals surface area (Å²) in [5.74, 6) is 0.454. The lowest BCUT2D eigenvalue weighted by Crippen LogP contribution is -2.42. The quantitative estimate of drug-likeness (QED) is 0.824. The molecule has 1 aromatic heterocycles. The number of fused-ring (bicyclic) bond motifs is 1. The van der Waals surface area contributed by atoms with Gasteiger partial charge in [0.25, 0.3) is 5.91 Å². The van der Waals surface area contributed by atoms with Gasteiger partial charge in [-0.15, -0.1) is 0 Å². The van der Waals surface area contributed by atoms with E-state index >= 15 is 0 Å². The fourth-order valence-electron chi connectivity index (χ4n) is 4.99. The third kappa shape index (κ3) is 3.18. The van der Waals surface area contributed by atoms with Gasteiger partial charge in [-0.3, -0.25) is 9.78 Å².